The second-order valence-corrected chi connectivity index (χ2v) is 6.15. The summed E-state index contributed by atoms with van der Waals surface area (Å²) in [5.74, 6) is 1.73. The van der Waals surface area contributed by atoms with E-state index in [1.807, 2.05) is 48.5 Å². The van der Waals surface area contributed by atoms with E-state index in [2.05, 4.69) is 54.1 Å². The lowest BCUT2D eigenvalue weighted by Gasteiger charge is -2.01. The third kappa shape index (κ3) is 5.70. The molecule has 0 spiro atoms. The molecule has 0 atom stereocenters. The van der Waals surface area contributed by atoms with Gasteiger partial charge < -0.3 is 33.5 Å². The fraction of sp³-hybridized carbons (Fsp3) is 0.125. The van der Waals surface area contributed by atoms with Crippen molar-refractivity contribution in [3.8, 4) is 11.5 Å². The van der Waals surface area contributed by atoms with E-state index in [9.17, 15) is 0 Å². The molecule has 0 bridgehead atoms. The standard InChI is InChI=1S/C24H24NO2.HI/c1-25-21(13-7-19-9-15-23(26-2)16-10-19)5-4-6-22(25)14-8-20-11-17-24(27-3)18-12-20;/h4-18H,1-3H3;1H/q+1;/p-1. The smallest absolute Gasteiger partial charge is 0.205 e. The number of nitrogens with zero attached hydrogens (tertiary/aromatic N) is 1. The second kappa shape index (κ2) is 10.7. The molecule has 0 aliphatic rings. The highest BCUT2D eigenvalue weighted by molar-refractivity contribution is 5.69. The van der Waals surface area contributed by atoms with E-state index in [4.69, 9.17) is 9.47 Å². The Bertz CT molecular complexity index is 870. The summed E-state index contributed by atoms with van der Waals surface area (Å²) >= 11 is 0. The van der Waals surface area contributed by atoms with Crippen molar-refractivity contribution in [2.24, 2.45) is 7.05 Å². The zero-order chi connectivity index (χ0) is 19.1. The van der Waals surface area contributed by atoms with Crippen molar-refractivity contribution >= 4 is 24.3 Å². The Morgan fingerprint density at radius 3 is 1.36 bits per heavy atom. The van der Waals surface area contributed by atoms with Crippen molar-refractivity contribution < 1.29 is 38.0 Å². The van der Waals surface area contributed by atoms with E-state index < -0.39 is 0 Å². The molecule has 1 heterocycles. The number of benzene rings is 2. The van der Waals surface area contributed by atoms with Gasteiger partial charge in [0.2, 0.25) is 11.4 Å². The number of rotatable bonds is 6. The molecule has 0 amide bonds. The van der Waals surface area contributed by atoms with Crippen molar-refractivity contribution in [3.63, 3.8) is 0 Å². The molecule has 0 N–H and O–H groups in total. The lowest BCUT2D eigenvalue weighted by atomic mass is 10.1. The highest BCUT2D eigenvalue weighted by Gasteiger charge is 2.07. The number of hydrogen-bond donors (Lipinski definition) is 0. The molecule has 0 saturated heterocycles. The number of methoxy groups -OCH3 is 2. The molecule has 0 saturated carbocycles. The molecule has 28 heavy (non-hydrogen) atoms. The van der Waals surface area contributed by atoms with Gasteiger partial charge in [-0.15, -0.1) is 0 Å². The zero-order valence-electron chi connectivity index (χ0n) is 16.3. The van der Waals surface area contributed by atoms with Crippen LogP contribution in [0.3, 0.4) is 0 Å². The minimum Gasteiger partial charge on any atom is -1.00 e. The molecule has 4 heteroatoms. The Kier molecular flexibility index (Phi) is 8.26. The zero-order valence-corrected chi connectivity index (χ0v) is 18.5. The van der Waals surface area contributed by atoms with Crippen LogP contribution < -0.4 is 38.0 Å². The molecule has 0 fully saturated rings. The van der Waals surface area contributed by atoms with Crippen LogP contribution in [0.2, 0.25) is 0 Å². The lowest BCUT2D eigenvalue weighted by molar-refractivity contribution is -0.675. The minimum absolute atomic E-state index is 0. The number of hydrogen-bond acceptors (Lipinski definition) is 2. The molecule has 144 valence electrons. The Balaban J connectivity index is 0.00000280. The predicted molar refractivity (Wildman–Crippen MR) is 111 cm³/mol. The molecule has 0 aliphatic heterocycles. The lowest BCUT2D eigenvalue weighted by Crippen LogP contribution is -3.00. The van der Waals surface area contributed by atoms with Crippen LogP contribution in [0.1, 0.15) is 22.5 Å². The molecule has 0 radical (unpaired) electrons. The predicted octanol–water partition coefficient (Wildman–Crippen LogP) is 1.87. The van der Waals surface area contributed by atoms with E-state index in [-0.39, 0.29) is 24.0 Å². The molecule has 3 aromatic rings. The van der Waals surface area contributed by atoms with Gasteiger partial charge in [-0.2, -0.15) is 4.57 Å². The molecule has 3 rings (SSSR count). The van der Waals surface area contributed by atoms with Crippen molar-refractivity contribution in [1.82, 2.24) is 0 Å². The highest BCUT2D eigenvalue weighted by atomic mass is 127. The first kappa shape index (κ1) is 21.7. The van der Waals surface area contributed by atoms with Gasteiger partial charge in [0.05, 0.1) is 14.2 Å². The maximum Gasteiger partial charge on any atom is 0.205 e. The third-order valence-electron chi connectivity index (χ3n) is 4.43. The average molecular weight is 485 g/mol. The normalized spacial score (nSPS) is 10.8. The Labute approximate surface area is 184 Å². The van der Waals surface area contributed by atoms with E-state index in [0.717, 1.165) is 34.0 Å². The van der Waals surface area contributed by atoms with Gasteiger partial charge in [-0.3, -0.25) is 0 Å². The molecule has 0 unspecified atom stereocenters. The first-order chi connectivity index (χ1) is 13.2. The summed E-state index contributed by atoms with van der Waals surface area (Å²) in [6.07, 6.45) is 8.44. The molecular weight excluding hydrogens is 461 g/mol. The number of pyridine rings is 1. The van der Waals surface area contributed by atoms with Gasteiger partial charge in [-0.25, -0.2) is 0 Å². The van der Waals surface area contributed by atoms with Crippen LogP contribution in [0.4, 0.5) is 0 Å². The van der Waals surface area contributed by atoms with Gasteiger partial charge in [0.25, 0.3) is 0 Å². The van der Waals surface area contributed by atoms with Gasteiger partial charge in [0, 0.05) is 24.3 Å². The monoisotopic (exact) mass is 485 g/mol. The topological polar surface area (TPSA) is 22.3 Å². The first-order valence-corrected chi connectivity index (χ1v) is 8.83. The van der Waals surface area contributed by atoms with Gasteiger partial charge in [-0.05, 0) is 53.6 Å². The van der Waals surface area contributed by atoms with Crippen LogP contribution in [-0.4, -0.2) is 14.2 Å². The van der Waals surface area contributed by atoms with Gasteiger partial charge in [0.15, 0.2) is 0 Å². The summed E-state index contributed by atoms with van der Waals surface area (Å²) in [5.41, 5.74) is 4.52. The van der Waals surface area contributed by atoms with Gasteiger partial charge in [-0.1, -0.05) is 24.3 Å². The third-order valence-corrected chi connectivity index (χ3v) is 4.43. The molecule has 3 nitrogen and oxygen atoms in total. The fourth-order valence-corrected chi connectivity index (χ4v) is 2.75. The molecule has 2 aromatic carbocycles. The summed E-state index contributed by atoms with van der Waals surface area (Å²) in [4.78, 5) is 0. The Morgan fingerprint density at radius 2 is 1.00 bits per heavy atom. The van der Waals surface area contributed by atoms with Gasteiger partial charge >= 0.3 is 0 Å². The quantitative estimate of drug-likeness (QED) is 0.393. The van der Waals surface area contributed by atoms with Crippen LogP contribution in [0.15, 0.2) is 66.7 Å². The maximum absolute atomic E-state index is 5.20. The van der Waals surface area contributed by atoms with Crippen LogP contribution in [0.25, 0.3) is 24.3 Å². The SMILES string of the molecule is COc1ccc(C=Cc2cccc(C=Cc3ccc(OC)cc3)[n+]2C)cc1.[I-]. The number of halogens is 1. The summed E-state index contributed by atoms with van der Waals surface area (Å²) in [6, 6.07) is 22.3. The first-order valence-electron chi connectivity index (χ1n) is 8.83. The van der Waals surface area contributed by atoms with Crippen LogP contribution in [-0.2, 0) is 7.05 Å². The van der Waals surface area contributed by atoms with Crippen LogP contribution in [0, 0.1) is 0 Å². The second-order valence-electron chi connectivity index (χ2n) is 6.15. The largest absolute Gasteiger partial charge is 1.00 e. The van der Waals surface area contributed by atoms with Crippen molar-refractivity contribution in [1.29, 1.82) is 0 Å². The molecular formula is C24H24INO2. The van der Waals surface area contributed by atoms with Gasteiger partial charge in [0.1, 0.15) is 18.5 Å². The Morgan fingerprint density at radius 1 is 0.607 bits per heavy atom. The highest BCUT2D eigenvalue weighted by Crippen LogP contribution is 2.15. The van der Waals surface area contributed by atoms with Crippen molar-refractivity contribution in [2.75, 3.05) is 14.2 Å². The summed E-state index contributed by atoms with van der Waals surface area (Å²) in [5, 5.41) is 0. The summed E-state index contributed by atoms with van der Waals surface area (Å²) < 4.78 is 12.6. The Hall–Kier alpha value is -2.60. The van der Waals surface area contributed by atoms with E-state index in [1.54, 1.807) is 14.2 Å². The fourth-order valence-electron chi connectivity index (χ4n) is 2.75. The maximum atomic E-state index is 5.20. The van der Waals surface area contributed by atoms with Crippen LogP contribution >= 0.6 is 0 Å². The van der Waals surface area contributed by atoms with E-state index >= 15 is 0 Å². The minimum atomic E-state index is 0. The van der Waals surface area contributed by atoms with Crippen molar-refractivity contribution in [2.45, 2.75) is 0 Å². The number of aromatic nitrogens is 1. The number of ether oxygens (including phenoxy) is 2. The van der Waals surface area contributed by atoms with E-state index in [1.165, 1.54) is 0 Å². The summed E-state index contributed by atoms with van der Waals surface area (Å²) in [7, 11) is 5.42. The average Bonchev–Trinajstić information content (AvgIpc) is 2.73. The van der Waals surface area contributed by atoms with Crippen LogP contribution in [0.5, 0.6) is 11.5 Å². The van der Waals surface area contributed by atoms with E-state index in [0.29, 0.717) is 0 Å². The van der Waals surface area contributed by atoms with Crippen molar-refractivity contribution in [3.05, 3.63) is 89.2 Å². The molecule has 1 aromatic heterocycles. The molecule has 0 aliphatic carbocycles. The summed E-state index contributed by atoms with van der Waals surface area (Å²) in [6.45, 7) is 0.